The number of phosphoric ester groups is 1. The van der Waals surface area contributed by atoms with E-state index >= 15 is 0 Å². The van der Waals surface area contributed by atoms with E-state index in [1.807, 2.05) is 13.0 Å². The van der Waals surface area contributed by atoms with Gasteiger partial charge in [-0.3, -0.25) is 14.1 Å². The lowest BCUT2D eigenvalue weighted by molar-refractivity contribution is -0.200. The van der Waals surface area contributed by atoms with Gasteiger partial charge in [-0.25, -0.2) is 4.57 Å². The first kappa shape index (κ1) is 21.7. The molecule has 0 aromatic carbocycles. The van der Waals surface area contributed by atoms with Crippen LogP contribution in [0.4, 0.5) is 0 Å². The molecular formula is C22H29O8P. The van der Waals surface area contributed by atoms with E-state index in [0.717, 1.165) is 18.4 Å². The highest BCUT2D eigenvalue weighted by Gasteiger charge is 2.80. The minimum absolute atomic E-state index is 0.0129. The number of hydrogen-bond acceptors (Lipinski definition) is 6. The summed E-state index contributed by atoms with van der Waals surface area (Å²) < 4.78 is 22.5. The van der Waals surface area contributed by atoms with Crippen molar-refractivity contribution in [1.29, 1.82) is 0 Å². The van der Waals surface area contributed by atoms with Crippen LogP contribution >= 0.6 is 7.82 Å². The Balaban J connectivity index is 1.57. The van der Waals surface area contributed by atoms with E-state index in [1.165, 1.54) is 0 Å². The summed E-state index contributed by atoms with van der Waals surface area (Å²) in [6.45, 7) is 4.96. The lowest BCUT2D eigenvalue weighted by atomic mass is 9.41. The summed E-state index contributed by atoms with van der Waals surface area (Å²) in [7, 11) is -4.86. The molecule has 3 N–H and O–H groups in total. The number of phosphoric acid groups is 1. The Bertz CT molecular complexity index is 982. The highest BCUT2D eigenvalue weighted by atomic mass is 31.2. The van der Waals surface area contributed by atoms with Gasteiger partial charge in [0.25, 0.3) is 0 Å². The van der Waals surface area contributed by atoms with Crippen molar-refractivity contribution in [3.05, 3.63) is 23.8 Å². The minimum Gasteiger partial charge on any atom is -0.379 e. The summed E-state index contributed by atoms with van der Waals surface area (Å²) in [6, 6.07) is 0. The molecule has 0 radical (unpaired) electrons. The molecule has 0 unspecified atom stereocenters. The number of carbonyl (C=O) groups excluding carboxylic acids is 2. The molecule has 5 aliphatic rings. The number of allylic oxidation sites excluding steroid dienone is 2. The predicted octanol–water partition coefficient (Wildman–Crippen LogP) is 2.08. The smallest absolute Gasteiger partial charge is 0.379 e. The van der Waals surface area contributed by atoms with Gasteiger partial charge in [0.15, 0.2) is 17.2 Å². The molecule has 0 aromatic heterocycles. The molecule has 1 heterocycles. The second kappa shape index (κ2) is 6.25. The molecule has 9 heteroatoms. The number of aliphatic hydroxyl groups is 1. The number of carbonyl (C=O) groups is 2. The molecule has 5 rings (SSSR count). The fourth-order valence-corrected chi connectivity index (χ4v) is 7.85. The number of Topliss-reactive ketones (excluding diaryl/α,β-unsaturated/α-hetero) is 1. The second-order valence-corrected chi connectivity index (χ2v) is 11.7. The molecule has 0 bridgehead atoms. The molecule has 31 heavy (non-hydrogen) atoms. The van der Waals surface area contributed by atoms with Crippen LogP contribution < -0.4 is 0 Å². The van der Waals surface area contributed by atoms with Crippen LogP contribution in [0.3, 0.4) is 0 Å². The Kier molecular flexibility index (Phi) is 4.37. The van der Waals surface area contributed by atoms with Crippen LogP contribution in [0.15, 0.2) is 23.8 Å². The average Bonchev–Trinajstić information content (AvgIpc) is 3.40. The zero-order valence-corrected chi connectivity index (χ0v) is 18.8. The number of rotatable bonds is 3. The average molecular weight is 452 g/mol. The summed E-state index contributed by atoms with van der Waals surface area (Å²) in [6.07, 6.45) is 7.54. The molecular weight excluding hydrogens is 423 g/mol. The van der Waals surface area contributed by atoms with E-state index in [2.05, 4.69) is 6.92 Å². The van der Waals surface area contributed by atoms with Crippen LogP contribution in [0.5, 0.6) is 0 Å². The Morgan fingerprint density at radius 2 is 1.97 bits per heavy atom. The molecule has 3 saturated carbocycles. The van der Waals surface area contributed by atoms with E-state index < -0.39 is 48.2 Å². The zero-order chi connectivity index (χ0) is 22.6. The highest BCUT2D eigenvalue weighted by molar-refractivity contribution is 7.46. The van der Waals surface area contributed by atoms with Crippen molar-refractivity contribution in [1.82, 2.24) is 0 Å². The summed E-state index contributed by atoms with van der Waals surface area (Å²) in [4.78, 5) is 43.6. The normalized spacial score (nSPS) is 50.7. The van der Waals surface area contributed by atoms with Gasteiger partial charge in [0.1, 0.15) is 5.60 Å². The van der Waals surface area contributed by atoms with Crippen molar-refractivity contribution in [2.45, 2.75) is 63.8 Å². The third-order valence-corrected chi connectivity index (χ3v) is 9.64. The van der Waals surface area contributed by atoms with Gasteiger partial charge in [-0.1, -0.05) is 25.5 Å². The van der Waals surface area contributed by atoms with E-state index in [9.17, 15) is 29.0 Å². The lowest BCUT2D eigenvalue weighted by Gasteiger charge is -2.61. The second-order valence-electron chi connectivity index (χ2n) is 10.5. The van der Waals surface area contributed by atoms with Crippen molar-refractivity contribution in [2.24, 2.45) is 28.6 Å². The first-order valence-electron chi connectivity index (χ1n) is 10.9. The first-order valence-corrected chi connectivity index (χ1v) is 12.4. The van der Waals surface area contributed by atoms with Gasteiger partial charge in [0, 0.05) is 16.7 Å². The molecule has 8 atom stereocenters. The van der Waals surface area contributed by atoms with Crippen LogP contribution in [0.1, 0.15) is 46.5 Å². The Labute approximate surface area is 180 Å². The molecule has 0 aromatic rings. The number of epoxide rings is 1. The Hall–Kier alpha value is -1.15. The van der Waals surface area contributed by atoms with Crippen LogP contribution in [0, 0.1) is 28.6 Å². The van der Waals surface area contributed by atoms with Crippen LogP contribution in [-0.4, -0.2) is 50.4 Å². The van der Waals surface area contributed by atoms with Gasteiger partial charge in [-0.15, -0.1) is 0 Å². The summed E-state index contributed by atoms with van der Waals surface area (Å²) >= 11 is 0. The van der Waals surface area contributed by atoms with E-state index in [0.29, 0.717) is 12.8 Å². The van der Waals surface area contributed by atoms with Crippen molar-refractivity contribution < 1.29 is 38.3 Å². The van der Waals surface area contributed by atoms with Gasteiger partial charge >= 0.3 is 7.82 Å². The van der Waals surface area contributed by atoms with Crippen molar-refractivity contribution in [3.63, 3.8) is 0 Å². The molecule has 170 valence electrons. The van der Waals surface area contributed by atoms with Gasteiger partial charge in [0.05, 0.1) is 12.7 Å². The molecule has 4 aliphatic carbocycles. The third kappa shape index (κ3) is 2.63. The molecule has 1 spiro atoms. The van der Waals surface area contributed by atoms with Crippen LogP contribution in [0.2, 0.25) is 0 Å². The fraction of sp³-hybridized carbons (Fsp3) is 0.727. The lowest BCUT2D eigenvalue weighted by Crippen LogP contribution is -2.69. The largest absolute Gasteiger partial charge is 0.469 e. The standard InChI is InChI=1S/C22H29O8P/c1-12-8-16-15-5-4-13-9-14(23)6-7-19(13,2)22(15)17(30-22)10-20(16,3)21(25,18(12)24)11-29-31(26,27)28/h6-7,9,12,15-17,25H,4-5,8,10-11H2,1-3H3,(H2,26,27,28)/t12-,15-,16-,17-,19-,20-,21-,22+/m0/s1. The predicted molar refractivity (Wildman–Crippen MR) is 109 cm³/mol. The maximum Gasteiger partial charge on any atom is 0.469 e. The summed E-state index contributed by atoms with van der Waals surface area (Å²) in [5.74, 6) is -0.953. The first-order chi connectivity index (χ1) is 14.3. The quantitative estimate of drug-likeness (QED) is 0.438. The van der Waals surface area contributed by atoms with E-state index in [1.54, 1.807) is 19.1 Å². The Morgan fingerprint density at radius 1 is 1.26 bits per heavy atom. The molecule has 4 fully saturated rings. The minimum atomic E-state index is -4.86. The SMILES string of the molecule is C[C@H]1C[C@H]2[C@@H]3CCC4=CC(=O)C=C[C@]4(C)[C@@]34O[C@H]4C[C@]2(C)[C@](O)(COP(=O)(O)O)C1=O. The summed E-state index contributed by atoms with van der Waals surface area (Å²) in [5.41, 5.74) is -2.77. The van der Waals surface area contributed by atoms with Gasteiger partial charge < -0.3 is 19.6 Å². The van der Waals surface area contributed by atoms with Crippen molar-refractivity contribution >= 4 is 19.4 Å². The number of ketones is 2. The maximum atomic E-state index is 13.1. The van der Waals surface area contributed by atoms with Gasteiger partial charge in [-0.2, -0.15) is 0 Å². The Morgan fingerprint density at radius 3 is 2.65 bits per heavy atom. The maximum absolute atomic E-state index is 13.1. The van der Waals surface area contributed by atoms with E-state index in [-0.39, 0.29) is 23.7 Å². The molecule has 1 saturated heterocycles. The topological polar surface area (TPSA) is 134 Å². The number of fused-ring (bicyclic) bond motifs is 3. The zero-order valence-electron chi connectivity index (χ0n) is 17.9. The number of hydrogen-bond donors (Lipinski definition) is 3. The van der Waals surface area contributed by atoms with Crippen LogP contribution in [0.25, 0.3) is 0 Å². The van der Waals surface area contributed by atoms with Crippen molar-refractivity contribution in [2.75, 3.05) is 6.61 Å². The summed E-state index contributed by atoms with van der Waals surface area (Å²) in [5, 5.41) is 11.6. The molecule has 1 aliphatic heterocycles. The van der Waals surface area contributed by atoms with Crippen LogP contribution in [-0.2, 0) is 23.4 Å². The van der Waals surface area contributed by atoms with Gasteiger partial charge in [-0.05, 0) is 56.6 Å². The fourth-order valence-electron chi connectivity index (χ4n) is 7.50. The third-order valence-electron chi connectivity index (χ3n) is 9.17. The monoisotopic (exact) mass is 452 g/mol. The van der Waals surface area contributed by atoms with E-state index in [4.69, 9.17) is 9.26 Å². The molecule has 0 amide bonds. The number of ether oxygens (including phenoxy) is 1. The highest BCUT2D eigenvalue weighted by Crippen LogP contribution is 2.75. The van der Waals surface area contributed by atoms with Gasteiger partial charge in [0.2, 0.25) is 0 Å². The molecule has 8 nitrogen and oxygen atoms in total. The van der Waals surface area contributed by atoms with Crippen molar-refractivity contribution in [3.8, 4) is 0 Å².